The van der Waals surface area contributed by atoms with E-state index in [1.807, 2.05) is 0 Å². The molecule has 60 heavy (non-hydrogen) atoms. The first-order valence-corrected chi connectivity index (χ1v) is 21.2. The third-order valence-electron chi connectivity index (χ3n) is 13.8. The third-order valence-corrected chi connectivity index (χ3v) is 13.8. The van der Waals surface area contributed by atoms with Crippen LogP contribution in [0.15, 0.2) is 194 Å². The molecule has 0 amide bonds. The lowest BCUT2D eigenvalue weighted by Crippen LogP contribution is -2.16. The number of fused-ring (bicyclic) bond motifs is 11. The highest BCUT2D eigenvalue weighted by Crippen LogP contribution is 2.52. The van der Waals surface area contributed by atoms with E-state index in [1.54, 1.807) is 0 Å². The normalized spacial score (nSPS) is 14.3. The first-order chi connectivity index (χ1) is 29.3. The van der Waals surface area contributed by atoms with E-state index in [-0.39, 0.29) is 10.8 Å². The molecule has 10 aromatic rings. The van der Waals surface area contributed by atoms with Crippen molar-refractivity contribution in [2.75, 3.05) is 4.90 Å². The van der Waals surface area contributed by atoms with Crippen molar-refractivity contribution in [3.8, 4) is 39.1 Å². The molecule has 0 bridgehead atoms. The van der Waals surface area contributed by atoms with Crippen molar-refractivity contribution >= 4 is 49.6 Å². The standard InChI is InChI=1S/C58H44N2/c1-57(2)50-20-12-10-18-45(50)47-30-28-42(35-52(47)57)59(40-15-6-5-7-16-40)41-26-22-37(23-27-41)39-25-32-54-49(34-39)56-44-17-9-8-14-38(44)24-33-55(56)60(54)43-29-31-48-46-19-11-13-21-51(46)58(3,4)53(48)36-43/h5-36H,1-4H3. The number of hydrogen-bond donors (Lipinski definition) is 0. The molecule has 0 radical (unpaired) electrons. The van der Waals surface area contributed by atoms with Gasteiger partial charge in [-0.1, -0.05) is 155 Å². The Kier molecular flexibility index (Phi) is 7.36. The molecule has 286 valence electrons. The largest absolute Gasteiger partial charge is 0.310 e. The summed E-state index contributed by atoms with van der Waals surface area (Å²) in [5.74, 6) is 0. The van der Waals surface area contributed by atoms with E-state index in [1.165, 1.54) is 93.9 Å². The summed E-state index contributed by atoms with van der Waals surface area (Å²) < 4.78 is 2.48. The van der Waals surface area contributed by atoms with E-state index in [2.05, 4.69) is 231 Å². The van der Waals surface area contributed by atoms with Crippen molar-refractivity contribution in [3.05, 3.63) is 216 Å². The number of anilines is 3. The fourth-order valence-electron chi connectivity index (χ4n) is 10.7. The lowest BCUT2D eigenvalue weighted by molar-refractivity contribution is 0.660. The predicted molar refractivity (Wildman–Crippen MR) is 254 cm³/mol. The Morgan fingerprint density at radius 1 is 0.367 bits per heavy atom. The van der Waals surface area contributed by atoms with Crippen molar-refractivity contribution < 1.29 is 0 Å². The maximum absolute atomic E-state index is 2.48. The molecule has 2 heteroatoms. The molecule has 0 atom stereocenters. The lowest BCUT2D eigenvalue weighted by atomic mass is 9.82. The third kappa shape index (κ3) is 4.94. The molecule has 0 spiro atoms. The first kappa shape index (κ1) is 34.8. The molecule has 9 aromatic carbocycles. The Hall–Kier alpha value is -7.16. The van der Waals surface area contributed by atoms with E-state index in [4.69, 9.17) is 0 Å². The summed E-state index contributed by atoms with van der Waals surface area (Å²) in [5, 5.41) is 5.09. The molecule has 0 unspecified atom stereocenters. The zero-order chi connectivity index (χ0) is 40.3. The SMILES string of the molecule is CC1(C)c2ccccc2-c2ccc(N(c3ccccc3)c3ccc(-c4ccc5c(c4)c4c6ccccc6ccc4n5-c4ccc5c(c4)C(C)(C)c4ccccc4-5)cc3)cc21. The topological polar surface area (TPSA) is 8.17 Å². The highest BCUT2D eigenvalue weighted by Gasteiger charge is 2.37. The molecule has 1 aromatic heterocycles. The summed E-state index contributed by atoms with van der Waals surface area (Å²) in [5.41, 5.74) is 20.2. The Labute approximate surface area is 351 Å². The predicted octanol–water partition coefficient (Wildman–Crippen LogP) is 15.7. The Bertz CT molecular complexity index is 3360. The van der Waals surface area contributed by atoms with Gasteiger partial charge in [0.1, 0.15) is 0 Å². The summed E-state index contributed by atoms with van der Waals surface area (Å²) in [6.45, 7) is 9.43. The van der Waals surface area contributed by atoms with Gasteiger partial charge in [-0.2, -0.15) is 0 Å². The van der Waals surface area contributed by atoms with Gasteiger partial charge in [-0.25, -0.2) is 0 Å². The summed E-state index contributed by atoms with van der Waals surface area (Å²) in [6.07, 6.45) is 0. The molecular weight excluding hydrogens is 725 g/mol. The number of aromatic nitrogens is 1. The van der Waals surface area contributed by atoms with Gasteiger partial charge >= 0.3 is 0 Å². The van der Waals surface area contributed by atoms with Gasteiger partial charge in [-0.15, -0.1) is 0 Å². The van der Waals surface area contributed by atoms with Crippen LogP contribution >= 0.6 is 0 Å². The monoisotopic (exact) mass is 768 g/mol. The Morgan fingerprint density at radius 3 is 1.65 bits per heavy atom. The van der Waals surface area contributed by atoms with Crippen LogP contribution in [0.5, 0.6) is 0 Å². The maximum Gasteiger partial charge on any atom is 0.0547 e. The number of nitrogens with zero attached hydrogens (tertiary/aromatic N) is 2. The highest BCUT2D eigenvalue weighted by atomic mass is 15.1. The smallest absolute Gasteiger partial charge is 0.0547 e. The molecule has 0 aliphatic heterocycles. The fourth-order valence-corrected chi connectivity index (χ4v) is 10.7. The zero-order valence-electron chi connectivity index (χ0n) is 34.4. The second kappa shape index (κ2) is 12.7. The second-order valence-electron chi connectivity index (χ2n) is 17.8. The van der Waals surface area contributed by atoms with E-state index in [9.17, 15) is 0 Å². The molecular formula is C58H44N2. The summed E-state index contributed by atoms with van der Waals surface area (Å²) in [4.78, 5) is 2.39. The van der Waals surface area contributed by atoms with Crippen LogP contribution in [0.25, 0.3) is 71.6 Å². The molecule has 12 rings (SSSR count). The summed E-state index contributed by atoms with van der Waals surface area (Å²) >= 11 is 0. The molecule has 0 N–H and O–H groups in total. The quantitative estimate of drug-likeness (QED) is 0.169. The Morgan fingerprint density at radius 2 is 0.917 bits per heavy atom. The van der Waals surface area contributed by atoms with Crippen LogP contribution < -0.4 is 4.90 Å². The van der Waals surface area contributed by atoms with Crippen LogP contribution in [0, 0.1) is 0 Å². The highest BCUT2D eigenvalue weighted by molar-refractivity contribution is 6.22. The van der Waals surface area contributed by atoms with Gasteiger partial charge < -0.3 is 9.47 Å². The number of para-hydroxylation sites is 1. The van der Waals surface area contributed by atoms with Gasteiger partial charge in [0.15, 0.2) is 0 Å². The van der Waals surface area contributed by atoms with Crippen molar-refractivity contribution in [2.24, 2.45) is 0 Å². The molecule has 2 aliphatic rings. The summed E-state index contributed by atoms with van der Waals surface area (Å²) in [6, 6.07) is 72.2. The average Bonchev–Trinajstić information content (AvgIpc) is 3.83. The van der Waals surface area contributed by atoms with Gasteiger partial charge in [0.05, 0.1) is 11.0 Å². The van der Waals surface area contributed by atoms with Gasteiger partial charge in [0.25, 0.3) is 0 Å². The van der Waals surface area contributed by atoms with E-state index < -0.39 is 0 Å². The number of rotatable bonds is 5. The minimum absolute atomic E-state index is 0.0776. The molecule has 0 saturated carbocycles. The molecule has 2 nitrogen and oxygen atoms in total. The number of hydrogen-bond acceptors (Lipinski definition) is 1. The summed E-state index contributed by atoms with van der Waals surface area (Å²) in [7, 11) is 0. The Balaban J connectivity index is 0.981. The van der Waals surface area contributed by atoms with E-state index in [0.717, 1.165) is 17.1 Å². The average molecular weight is 769 g/mol. The minimum atomic E-state index is -0.0791. The second-order valence-corrected chi connectivity index (χ2v) is 17.8. The first-order valence-electron chi connectivity index (χ1n) is 21.2. The van der Waals surface area contributed by atoms with Crippen molar-refractivity contribution in [3.63, 3.8) is 0 Å². The van der Waals surface area contributed by atoms with Gasteiger partial charge in [-0.3, -0.25) is 0 Å². The minimum Gasteiger partial charge on any atom is -0.310 e. The molecule has 0 saturated heterocycles. The molecule has 0 fully saturated rings. The van der Waals surface area contributed by atoms with Crippen LogP contribution in [-0.4, -0.2) is 4.57 Å². The van der Waals surface area contributed by atoms with E-state index >= 15 is 0 Å². The van der Waals surface area contributed by atoms with Gasteiger partial charge in [-0.05, 0) is 133 Å². The van der Waals surface area contributed by atoms with Crippen molar-refractivity contribution in [2.45, 2.75) is 38.5 Å². The van der Waals surface area contributed by atoms with Crippen molar-refractivity contribution in [1.29, 1.82) is 0 Å². The maximum atomic E-state index is 2.48. The van der Waals surface area contributed by atoms with Crippen molar-refractivity contribution in [1.82, 2.24) is 4.57 Å². The molecule has 1 heterocycles. The van der Waals surface area contributed by atoms with E-state index in [0.29, 0.717) is 0 Å². The zero-order valence-corrected chi connectivity index (χ0v) is 34.4. The van der Waals surface area contributed by atoms with Crippen LogP contribution in [0.2, 0.25) is 0 Å². The lowest BCUT2D eigenvalue weighted by Gasteiger charge is -2.28. The molecule has 2 aliphatic carbocycles. The van der Waals surface area contributed by atoms with Crippen LogP contribution in [-0.2, 0) is 10.8 Å². The van der Waals surface area contributed by atoms with Crippen LogP contribution in [0.4, 0.5) is 17.1 Å². The van der Waals surface area contributed by atoms with Gasteiger partial charge in [0.2, 0.25) is 0 Å². The van der Waals surface area contributed by atoms with Crippen LogP contribution in [0.3, 0.4) is 0 Å². The fraction of sp³-hybridized carbons (Fsp3) is 0.103. The number of benzene rings is 9. The van der Waals surface area contributed by atoms with Gasteiger partial charge in [0, 0.05) is 44.4 Å². The van der Waals surface area contributed by atoms with Crippen LogP contribution in [0.1, 0.15) is 49.9 Å².